The molecule has 1 aliphatic rings. The Hall–Kier alpha value is -1.07. The molecule has 0 bridgehead atoms. The number of rotatable bonds is 3. The Balaban J connectivity index is 2.15. The van der Waals surface area contributed by atoms with Crippen LogP contribution in [0.1, 0.15) is 48.7 Å². The van der Waals surface area contributed by atoms with Gasteiger partial charge in [0.25, 0.3) is 5.91 Å². The minimum Gasteiger partial charge on any atom is -0.391 e. The number of nitrogens with one attached hydrogen (secondary N) is 1. The van der Waals surface area contributed by atoms with Gasteiger partial charge in [-0.1, -0.05) is 31.4 Å². The van der Waals surface area contributed by atoms with Crippen molar-refractivity contribution in [3.8, 4) is 0 Å². The number of halogens is 1. The minimum atomic E-state index is -0.460. The summed E-state index contributed by atoms with van der Waals surface area (Å²) in [6.45, 7) is 1.94. The minimum absolute atomic E-state index is 0.178. The van der Waals surface area contributed by atoms with Crippen molar-refractivity contribution in [2.45, 2.75) is 51.2 Å². The van der Waals surface area contributed by atoms with Crippen molar-refractivity contribution in [3.63, 3.8) is 0 Å². The molecule has 1 heterocycles. The fourth-order valence-electron chi connectivity index (χ4n) is 2.55. The highest BCUT2D eigenvalue weighted by molar-refractivity contribution is 6.33. The van der Waals surface area contributed by atoms with Gasteiger partial charge in [0, 0.05) is 7.05 Å². The van der Waals surface area contributed by atoms with Crippen molar-refractivity contribution in [3.05, 3.63) is 16.4 Å². The molecular weight excluding hydrogens is 266 g/mol. The lowest BCUT2D eigenvalue weighted by Crippen LogP contribution is -2.45. The molecule has 5 nitrogen and oxygen atoms in total. The number of hydrogen-bond acceptors (Lipinski definition) is 3. The molecule has 2 rings (SSSR count). The maximum atomic E-state index is 12.3. The van der Waals surface area contributed by atoms with Gasteiger partial charge in [0.15, 0.2) is 0 Å². The van der Waals surface area contributed by atoms with Crippen LogP contribution >= 0.6 is 11.6 Å². The lowest BCUT2D eigenvalue weighted by molar-refractivity contribution is 0.0716. The molecule has 19 heavy (non-hydrogen) atoms. The van der Waals surface area contributed by atoms with Crippen LogP contribution in [0.2, 0.25) is 5.15 Å². The Kier molecular flexibility index (Phi) is 4.47. The summed E-state index contributed by atoms with van der Waals surface area (Å²) in [5.41, 5.74) is 1.12. The molecule has 6 heteroatoms. The highest BCUT2D eigenvalue weighted by atomic mass is 35.5. The van der Waals surface area contributed by atoms with Crippen molar-refractivity contribution >= 4 is 17.5 Å². The number of aliphatic hydroxyl groups is 1. The molecule has 0 aromatic carbocycles. The number of carbonyl (C=O) groups is 1. The molecular formula is C13H20ClN3O2. The van der Waals surface area contributed by atoms with Gasteiger partial charge in [0.1, 0.15) is 5.15 Å². The van der Waals surface area contributed by atoms with Crippen molar-refractivity contribution in [2.75, 3.05) is 0 Å². The summed E-state index contributed by atoms with van der Waals surface area (Å²) in [6, 6.07) is -0.178. The third kappa shape index (κ3) is 2.92. The molecule has 1 fully saturated rings. The molecule has 1 aromatic rings. The van der Waals surface area contributed by atoms with Gasteiger partial charge in [0.05, 0.1) is 23.4 Å². The van der Waals surface area contributed by atoms with E-state index in [4.69, 9.17) is 11.6 Å². The number of hydrogen-bond donors (Lipinski definition) is 2. The van der Waals surface area contributed by atoms with E-state index in [1.165, 1.54) is 4.68 Å². The first-order valence-electron chi connectivity index (χ1n) is 6.74. The second-order valence-corrected chi connectivity index (χ2v) is 5.38. The van der Waals surface area contributed by atoms with Gasteiger partial charge in [-0.3, -0.25) is 9.48 Å². The number of aromatic nitrogens is 2. The fraction of sp³-hybridized carbons (Fsp3) is 0.692. The van der Waals surface area contributed by atoms with E-state index < -0.39 is 6.10 Å². The van der Waals surface area contributed by atoms with Gasteiger partial charge >= 0.3 is 0 Å². The Morgan fingerprint density at radius 1 is 1.53 bits per heavy atom. The average Bonchev–Trinajstić information content (AvgIpc) is 2.68. The molecule has 2 atom stereocenters. The van der Waals surface area contributed by atoms with Gasteiger partial charge in [-0.05, 0) is 19.3 Å². The normalized spacial score (nSPS) is 23.4. The van der Waals surface area contributed by atoms with Gasteiger partial charge in [-0.15, -0.1) is 0 Å². The first-order valence-corrected chi connectivity index (χ1v) is 7.12. The predicted octanol–water partition coefficient (Wildman–Crippen LogP) is 1.67. The van der Waals surface area contributed by atoms with Gasteiger partial charge < -0.3 is 10.4 Å². The topological polar surface area (TPSA) is 67.2 Å². The molecule has 106 valence electrons. The van der Waals surface area contributed by atoms with E-state index in [1.807, 2.05) is 6.92 Å². The highest BCUT2D eigenvalue weighted by Gasteiger charge is 2.27. The van der Waals surface area contributed by atoms with E-state index in [0.717, 1.165) is 25.7 Å². The van der Waals surface area contributed by atoms with Crippen LogP contribution in [0, 0.1) is 0 Å². The summed E-state index contributed by atoms with van der Waals surface area (Å²) in [7, 11) is 1.72. The van der Waals surface area contributed by atoms with E-state index in [-0.39, 0.29) is 11.9 Å². The summed E-state index contributed by atoms with van der Waals surface area (Å²) < 4.78 is 1.51. The maximum Gasteiger partial charge on any atom is 0.256 e. The van der Waals surface area contributed by atoms with Crippen LogP contribution in [0.25, 0.3) is 0 Å². The Bertz CT molecular complexity index is 473. The molecule has 1 aromatic heterocycles. The monoisotopic (exact) mass is 285 g/mol. The standard InChI is InChI=1S/C13H20ClN3O2/c1-3-8-11(12(14)17(2)16-8)13(19)15-9-6-4-5-7-10(9)18/h9-10,18H,3-7H2,1-2H3,(H,15,19). The highest BCUT2D eigenvalue weighted by Crippen LogP contribution is 2.22. The van der Waals surface area contributed by atoms with Gasteiger partial charge in [-0.2, -0.15) is 5.10 Å². The number of aryl methyl sites for hydroxylation is 2. The smallest absolute Gasteiger partial charge is 0.256 e. The maximum absolute atomic E-state index is 12.3. The Labute approximate surface area is 117 Å². The zero-order valence-electron chi connectivity index (χ0n) is 11.3. The second kappa shape index (κ2) is 5.92. The van der Waals surface area contributed by atoms with Gasteiger partial charge in [0.2, 0.25) is 0 Å². The average molecular weight is 286 g/mol. The van der Waals surface area contributed by atoms with Crippen LogP contribution < -0.4 is 5.32 Å². The molecule has 0 spiro atoms. The summed E-state index contributed by atoms with van der Waals surface area (Å²) in [5.74, 6) is -0.235. The van der Waals surface area contributed by atoms with Crippen LogP contribution in [0.3, 0.4) is 0 Å². The van der Waals surface area contributed by atoms with Crippen LogP contribution in [0.15, 0.2) is 0 Å². The third-order valence-electron chi connectivity index (χ3n) is 3.66. The lowest BCUT2D eigenvalue weighted by Gasteiger charge is -2.28. The molecule has 1 aliphatic carbocycles. The zero-order valence-corrected chi connectivity index (χ0v) is 12.1. The molecule has 2 N–H and O–H groups in total. The van der Waals surface area contributed by atoms with E-state index in [0.29, 0.717) is 22.8 Å². The number of nitrogens with zero attached hydrogens (tertiary/aromatic N) is 2. The van der Waals surface area contributed by atoms with E-state index in [1.54, 1.807) is 7.05 Å². The largest absolute Gasteiger partial charge is 0.391 e. The second-order valence-electron chi connectivity index (χ2n) is 5.02. The van der Waals surface area contributed by atoms with Crippen LogP contribution in [0.5, 0.6) is 0 Å². The summed E-state index contributed by atoms with van der Waals surface area (Å²) in [5, 5.41) is 17.4. The molecule has 1 amide bonds. The molecule has 0 saturated heterocycles. The molecule has 0 radical (unpaired) electrons. The Morgan fingerprint density at radius 2 is 2.21 bits per heavy atom. The summed E-state index contributed by atoms with van der Waals surface area (Å²) in [4.78, 5) is 12.3. The zero-order chi connectivity index (χ0) is 14.0. The number of amides is 1. The fourth-order valence-corrected chi connectivity index (χ4v) is 2.78. The summed E-state index contributed by atoms with van der Waals surface area (Å²) >= 11 is 6.12. The number of aliphatic hydroxyl groups excluding tert-OH is 1. The third-order valence-corrected chi connectivity index (χ3v) is 4.09. The first-order chi connectivity index (χ1) is 9.04. The SMILES string of the molecule is CCc1nn(C)c(Cl)c1C(=O)NC1CCCCC1O. The lowest BCUT2D eigenvalue weighted by atomic mass is 9.92. The van der Waals surface area contributed by atoms with E-state index in [2.05, 4.69) is 10.4 Å². The quantitative estimate of drug-likeness (QED) is 0.888. The van der Waals surface area contributed by atoms with Crippen LogP contribution in [-0.4, -0.2) is 32.9 Å². The van der Waals surface area contributed by atoms with Crippen molar-refractivity contribution in [1.29, 1.82) is 0 Å². The number of carbonyl (C=O) groups excluding carboxylic acids is 1. The van der Waals surface area contributed by atoms with E-state index >= 15 is 0 Å². The first kappa shape index (κ1) is 14.3. The van der Waals surface area contributed by atoms with Crippen LogP contribution in [0.4, 0.5) is 0 Å². The van der Waals surface area contributed by atoms with Crippen molar-refractivity contribution in [2.24, 2.45) is 7.05 Å². The predicted molar refractivity (Wildman–Crippen MR) is 73.3 cm³/mol. The van der Waals surface area contributed by atoms with Crippen molar-refractivity contribution in [1.82, 2.24) is 15.1 Å². The van der Waals surface area contributed by atoms with Gasteiger partial charge in [-0.25, -0.2) is 0 Å². The Morgan fingerprint density at radius 3 is 2.84 bits per heavy atom. The van der Waals surface area contributed by atoms with Crippen molar-refractivity contribution < 1.29 is 9.90 Å². The van der Waals surface area contributed by atoms with Crippen LogP contribution in [-0.2, 0) is 13.5 Å². The molecule has 0 aliphatic heterocycles. The van der Waals surface area contributed by atoms with E-state index in [9.17, 15) is 9.90 Å². The summed E-state index contributed by atoms with van der Waals surface area (Å²) in [6.07, 6.45) is 3.79. The molecule has 1 saturated carbocycles. The molecule has 2 unspecified atom stereocenters.